The van der Waals surface area contributed by atoms with Gasteiger partial charge in [0.1, 0.15) is 5.82 Å². The molecule has 19 heavy (non-hydrogen) atoms. The molecule has 3 rings (SSSR count). The molecule has 0 spiro atoms. The Morgan fingerprint density at radius 1 is 1.42 bits per heavy atom. The average Bonchev–Trinajstić information content (AvgIpc) is 2.81. The fraction of sp³-hybridized carbons (Fsp3) is 0.583. The van der Waals surface area contributed by atoms with Crippen molar-refractivity contribution in [2.75, 3.05) is 16.8 Å². The zero-order valence-electron chi connectivity index (χ0n) is 10.5. The van der Waals surface area contributed by atoms with Crippen molar-refractivity contribution in [1.82, 2.24) is 19.8 Å². The first-order valence-corrected chi connectivity index (χ1v) is 7.69. The van der Waals surface area contributed by atoms with Crippen molar-refractivity contribution in [2.45, 2.75) is 31.7 Å². The molecule has 2 aromatic rings. The Hall–Kier alpha value is -1.37. The molecule has 0 radical (unpaired) electrons. The van der Waals surface area contributed by atoms with Gasteiger partial charge in [-0.2, -0.15) is 9.61 Å². The number of hydrogen-bond donors (Lipinski definition) is 1. The monoisotopic (exact) mass is 325 g/mol. The summed E-state index contributed by atoms with van der Waals surface area (Å²) >= 11 is 3.51. The molecule has 3 heterocycles. The molecular weight excluding hydrogens is 310 g/mol. The molecular formula is C12H16BrN5O. The molecule has 1 saturated heterocycles. The van der Waals surface area contributed by atoms with Gasteiger partial charge >= 0.3 is 5.69 Å². The molecule has 1 aliphatic heterocycles. The highest BCUT2D eigenvalue weighted by Crippen LogP contribution is 2.25. The first-order valence-electron chi connectivity index (χ1n) is 6.56. The highest BCUT2D eigenvalue weighted by atomic mass is 79.9. The van der Waals surface area contributed by atoms with Crippen LogP contribution in [-0.4, -0.2) is 37.7 Å². The van der Waals surface area contributed by atoms with E-state index < -0.39 is 0 Å². The molecule has 2 aromatic heterocycles. The van der Waals surface area contributed by atoms with Crippen molar-refractivity contribution < 1.29 is 0 Å². The Labute approximate surface area is 118 Å². The quantitative estimate of drug-likeness (QED) is 0.870. The number of aromatic nitrogens is 4. The van der Waals surface area contributed by atoms with Crippen LogP contribution in [0, 0.1) is 0 Å². The van der Waals surface area contributed by atoms with Gasteiger partial charge in [-0.25, -0.2) is 9.89 Å². The van der Waals surface area contributed by atoms with E-state index in [0.717, 1.165) is 24.1 Å². The van der Waals surface area contributed by atoms with Crippen molar-refractivity contribution in [2.24, 2.45) is 0 Å². The molecule has 0 aromatic carbocycles. The number of fused-ring (bicyclic) bond motifs is 1. The topological polar surface area (TPSA) is 66.3 Å². The van der Waals surface area contributed by atoms with Gasteiger partial charge in [0, 0.05) is 17.9 Å². The Balaban J connectivity index is 1.96. The van der Waals surface area contributed by atoms with Crippen LogP contribution in [0.5, 0.6) is 0 Å². The van der Waals surface area contributed by atoms with Gasteiger partial charge in [-0.1, -0.05) is 15.9 Å². The molecule has 102 valence electrons. The van der Waals surface area contributed by atoms with Gasteiger partial charge in [0.15, 0.2) is 5.65 Å². The molecule has 1 atom stereocenters. The van der Waals surface area contributed by atoms with Gasteiger partial charge in [-0.3, -0.25) is 0 Å². The number of nitrogens with zero attached hydrogens (tertiary/aromatic N) is 4. The first-order chi connectivity index (χ1) is 9.29. The van der Waals surface area contributed by atoms with Crippen LogP contribution >= 0.6 is 15.9 Å². The van der Waals surface area contributed by atoms with E-state index in [2.05, 4.69) is 36.1 Å². The lowest BCUT2D eigenvalue weighted by molar-refractivity contribution is 0.447. The largest absolute Gasteiger partial charge is 0.364 e. The maximum absolute atomic E-state index is 11.6. The van der Waals surface area contributed by atoms with Crippen molar-refractivity contribution in [3.05, 3.63) is 22.6 Å². The van der Waals surface area contributed by atoms with Crippen molar-refractivity contribution in [3.63, 3.8) is 0 Å². The third-order valence-corrected chi connectivity index (χ3v) is 4.08. The molecule has 0 amide bonds. The number of anilines is 1. The maximum Gasteiger partial charge on any atom is 0.364 e. The number of rotatable bonds is 3. The lowest BCUT2D eigenvalue weighted by Gasteiger charge is -2.36. The summed E-state index contributed by atoms with van der Waals surface area (Å²) in [7, 11) is 0. The van der Waals surface area contributed by atoms with Gasteiger partial charge in [0.2, 0.25) is 0 Å². The summed E-state index contributed by atoms with van der Waals surface area (Å²) in [5, 5.41) is 11.7. The Morgan fingerprint density at radius 2 is 2.32 bits per heavy atom. The molecule has 7 heteroatoms. The van der Waals surface area contributed by atoms with E-state index in [-0.39, 0.29) is 5.69 Å². The van der Waals surface area contributed by atoms with E-state index in [4.69, 9.17) is 0 Å². The SMILES string of the molecule is O=c1[nH]nc2ccc(N3CCCCC3CCBr)nn12. The minimum absolute atomic E-state index is 0.286. The number of halogens is 1. The van der Waals surface area contributed by atoms with Gasteiger partial charge in [-0.15, -0.1) is 5.10 Å². The molecule has 1 N–H and O–H groups in total. The molecule has 1 fully saturated rings. The van der Waals surface area contributed by atoms with E-state index >= 15 is 0 Å². The fourth-order valence-electron chi connectivity index (χ4n) is 2.67. The zero-order valence-corrected chi connectivity index (χ0v) is 12.1. The highest BCUT2D eigenvalue weighted by molar-refractivity contribution is 9.09. The lowest BCUT2D eigenvalue weighted by Crippen LogP contribution is -2.40. The summed E-state index contributed by atoms with van der Waals surface area (Å²) in [5.74, 6) is 0.863. The van der Waals surface area contributed by atoms with E-state index in [1.807, 2.05) is 12.1 Å². The normalized spacial score (nSPS) is 20.1. The van der Waals surface area contributed by atoms with E-state index in [0.29, 0.717) is 11.7 Å². The standard InChI is InChI=1S/C12H16BrN5O/c13-7-6-9-3-1-2-8-17(9)11-5-4-10-14-15-12(19)18(10)16-11/h4-5,9H,1-3,6-8H2,(H,15,19). The Kier molecular flexibility index (Phi) is 3.54. The predicted octanol–water partition coefficient (Wildman–Crippen LogP) is 1.56. The summed E-state index contributed by atoms with van der Waals surface area (Å²) in [6.07, 6.45) is 4.73. The Bertz CT molecular complexity index is 620. The molecule has 1 unspecified atom stereocenters. The number of piperidine rings is 1. The summed E-state index contributed by atoms with van der Waals surface area (Å²) in [5.41, 5.74) is 0.272. The van der Waals surface area contributed by atoms with Crippen molar-refractivity contribution >= 4 is 27.4 Å². The summed E-state index contributed by atoms with van der Waals surface area (Å²) < 4.78 is 1.33. The van der Waals surface area contributed by atoms with Gasteiger partial charge in [-0.05, 0) is 37.8 Å². The molecule has 6 nitrogen and oxygen atoms in total. The van der Waals surface area contributed by atoms with Crippen molar-refractivity contribution in [1.29, 1.82) is 0 Å². The minimum atomic E-state index is -0.286. The third-order valence-electron chi connectivity index (χ3n) is 3.62. The van der Waals surface area contributed by atoms with Gasteiger partial charge < -0.3 is 4.90 Å². The summed E-state index contributed by atoms with van der Waals surface area (Å²) in [4.78, 5) is 13.9. The second-order valence-electron chi connectivity index (χ2n) is 4.81. The van der Waals surface area contributed by atoms with E-state index in [9.17, 15) is 4.79 Å². The van der Waals surface area contributed by atoms with Gasteiger partial charge in [0.05, 0.1) is 0 Å². The number of aromatic amines is 1. The summed E-state index contributed by atoms with van der Waals surface area (Å²) in [6, 6.07) is 4.28. The van der Waals surface area contributed by atoms with Crippen LogP contribution in [-0.2, 0) is 0 Å². The Morgan fingerprint density at radius 3 is 3.16 bits per heavy atom. The summed E-state index contributed by atoms with van der Waals surface area (Å²) in [6.45, 7) is 1.00. The highest BCUT2D eigenvalue weighted by Gasteiger charge is 2.23. The van der Waals surface area contributed by atoms with Crippen LogP contribution in [0.3, 0.4) is 0 Å². The third kappa shape index (κ3) is 2.39. The lowest BCUT2D eigenvalue weighted by atomic mass is 10.0. The van der Waals surface area contributed by atoms with Crippen LogP contribution in [0.15, 0.2) is 16.9 Å². The number of alkyl halides is 1. The van der Waals surface area contributed by atoms with E-state index in [1.54, 1.807) is 0 Å². The molecule has 0 saturated carbocycles. The van der Waals surface area contributed by atoms with Crippen LogP contribution in [0.2, 0.25) is 0 Å². The predicted molar refractivity (Wildman–Crippen MR) is 77.0 cm³/mol. The smallest absolute Gasteiger partial charge is 0.352 e. The number of hydrogen-bond acceptors (Lipinski definition) is 4. The van der Waals surface area contributed by atoms with Crippen LogP contribution < -0.4 is 10.6 Å². The maximum atomic E-state index is 11.6. The number of H-pyrrole nitrogens is 1. The average molecular weight is 326 g/mol. The van der Waals surface area contributed by atoms with Crippen LogP contribution in [0.25, 0.3) is 5.65 Å². The fourth-order valence-corrected chi connectivity index (χ4v) is 3.20. The zero-order chi connectivity index (χ0) is 13.2. The second-order valence-corrected chi connectivity index (χ2v) is 5.60. The van der Waals surface area contributed by atoms with Gasteiger partial charge in [0.25, 0.3) is 0 Å². The molecule has 0 aliphatic carbocycles. The van der Waals surface area contributed by atoms with Crippen molar-refractivity contribution in [3.8, 4) is 0 Å². The van der Waals surface area contributed by atoms with Crippen LogP contribution in [0.4, 0.5) is 5.82 Å². The van der Waals surface area contributed by atoms with Crippen LogP contribution in [0.1, 0.15) is 25.7 Å². The number of nitrogens with one attached hydrogen (secondary N) is 1. The first kappa shape index (κ1) is 12.7. The minimum Gasteiger partial charge on any atom is -0.352 e. The molecule has 0 bridgehead atoms. The molecule has 1 aliphatic rings. The second kappa shape index (κ2) is 5.32. The van der Waals surface area contributed by atoms with E-state index in [1.165, 1.54) is 23.8 Å².